The van der Waals surface area contributed by atoms with Crippen molar-refractivity contribution in [3.8, 4) is 17.4 Å². The molecule has 2 rings (SSSR count). The van der Waals surface area contributed by atoms with Crippen molar-refractivity contribution in [2.24, 2.45) is 0 Å². The molecular formula is C15H16BrNO2. The van der Waals surface area contributed by atoms with E-state index in [9.17, 15) is 0 Å². The standard InChI is InChI=1S/C15H16BrNO2/c1-3-18-13-6-4-5-7-14(13)19-15-11(2)8-12(9-16)10-17-15/h4-8,10H,3,9H2,1-2H3. The Morgan fingerprint density at radius 2 is 1.95 bits per heavy atom. The molecule has 0 fully saturated rings. The second kappa shape index (κ2) is 6.57. The van der Waals surface area contributed by atoms with Crippen LogP contribution in [0.3, 0.4) is 0 Å². The van der Waals surface area contributed by atoms with Gasteiger partial charge >= 0.3 is 0 Å². The molecule has 4 heteroatoms. The highest BCUT2D eigenvalue weighted by molar-refractivity contribution is 9.08. The lowest BCUT2D eigenvalue weighted by Gasteiger charge is -2.12. The molecule has 3 nitrogen and oxygen atoms in total. The number of hydrogen-bond acceptors (Lipinski definition) is 3. The molecule has 1 aromatic heterocycles. The lowest BCUT2D eigenvalue weighted by atomic mass is 10.2. The first-order valence-corrected chi connectivity index (χ1v) is 7.28. The number of aryl methyl sites for hydroxylation is 1. The summed E-state index contributed by atoms with van der Waals surface area (Å²) in [5, 5.41) is 0.788. The normalized spacial score (nSPS) is 10.3. The molecule has 0 bridgehead atoms. The molecule has 0 amide bonds. The highest BCUT2D eigenvalue weighted by Gasteiger charge is 2.08. The number of nitrogens with zero attached hydrogens (tertiary/aromatic N) is 1. The Morgan fingerprint density at radius 3 is 2.58 bits per heavy atom. The van der Waals surface area contributed by atoms with E-state index in [0.29, 0.717) is 18.2 Å². The fraction of sp³-hybridized carbons (Fsp3) is 0.267. The van der Waals surface area contributed by atoms with Gasteiger partial charge in [-0.1, -0.05) is 28.1 Å². The van der Waals surface area contributed by atoms with Gasteiger partial charge in [-0.05, 0) is 37.6 Å². The molecule has 0 aliphatic heterocycles. The molecule has 0 saturated heterocycles. The Morgan fingerprint density at radius 1 is 1.21 bits per heavy atom. The van der Waals surface area contributed by atoms with Crippen molar-refractivity contribution >= 4 is 15.9 Å². The van der Waals surface area contributed by atoms with Gasteiger partial charge in [0.25, 0.3) is 0 Å². The van der Waals surface area contributed by atoms with Gasteiger partial charge in [-0.3, -0.25) is 0 Å². The van der Waals surface area contributed by atoms with Crippen LogP contribution in [0.1, 0.15) is 18.1 Å². The predicted molar refractivity (Wildman–Crippen MR) is 79.3 cm³/mol. The van der Waals surface area contributed by atoms with Crippen molar-refractivity contribution in [3.05, 3.63) is 47.7 Å². The second-order valence-electron chi connectivity index (χ2n) is 4.08. The van der Waals surface area contributed by atoms with Crippen LogP contribution in [0.4, 0.5) is 0 Å². The van der Waals surface area contributed by atoms with Crippen LogP contribution in [-0.4, -0.2) is 11.6 Å². The van der Waals surface area contributed by atoms with Gasteiger partial charge in [0.2, 0.25) is 5.88 Å². The summed E-state index contributed by atoms with van der Waals surface area (Å²) >= 11 is 3.41. The molecule has 1 heterocycles. The van der Waals surface area contributed by atoms with Crippen LogP contribution < -0.4 is 9.47 Å². The first-order valence-electron chi connectivity index (χ1n) is 6.15. The van der Waals surface area contributed by atoms with Gasteiger partial charge in [0.05, 0.1) is 6.61 Å². The summed E-state index contributed by atoms with van der Waals surface area (Å²) in [6, 6.07) is 9.66. The van der Waals surface area contributed by atoms with E-state index in [4.69, 9.17) is 9.47 Å². The first kappa shape index (κ1) is 13.9. The van der Waals surface area contributed by atoms with Crippen LogP contribution in [0.15, 0.2) is 36.5 Å². The minimum atomic E-state index is 0.606. The van der Waals surface area contributed by atoms with Gasteiger partial charge in [-0.2, -0.15) is 0 Å². The smallest absolute Gasteiger partial charge is 0.222 e. The zero-order chi connectivity index (χ0) is 13.7. The summed E-state index contributed by atoms with van der Waals surface area (Å²) in [6.45, 7) is 4.54. The van der Waals surface area contributed by atoms with Crippen molar-refractivity contribution in [1.29, 1.82) is 0 Å². The molecular weight excluding hydrogens is 306 g/mol. The Labute approximate surface area is 121 Å². The van der Waals surface area contributed by atoms with Gasteiger partial charge in [0, 0.05) is 17.1 Å². The molecule has 0 aliphatic carbocycles. The number of alkyl halides is 1. The number of hydrogen-bond donors (Lipinski definition) is 0. The van der Waals surface area contributed by atoms with E-state index in [1.807, 2.05) is 38.1 Å². The number of ether oxygens (including phenoxy) is 2. The van der Waals surface area contributed by atoms with Crippen molar-refractivity contribution in [2.45, 2.75) is 19.2 Å². The zero-order valence-corrected chi connectivity index (χ0v) is 12.6. The molecule has 1 aromatic carbocycles. The summed E-state index contributed by atoms with van der Waals surface area (Å²) in [4.78, 5) is 4.34. The Bertz CT molecular complexity index is 558. The summed E-state index contributed by atoms with van der Waals surface area (Å²) in [5.74, 6) is 2.03. The summed E-state index contributed by atoms with van der Waals surface area (Å²) in [6.07, 6.45) is 1.81. The molecule has 0 N–H and O–H groups in total. The van der Waals surface area contributed by atoms with E-state index >= 15 is 0 Å². The monoisotopic (exact) mass is 321 g/mol. The van der Waals surface area contributed by atoms with Gasteiger partial charge in [-0.25, -0.2) is 4.98 Å². The lowest BCUT2D eigenvalue weighted by molar-refractivity contribution is 0.319. The fourth-order valence-electron chi connectivity index (χ4n) is 1.71. The minimum absolute atomic E-state index is 0.606. The van der Waals surface area contributed by atoms with Gasteiger partial charge in [-0.15, -0.1) is 0 Å². The van der Waals surface area contributed by atoms with E-state index in [2.05, 4.69) is 27.0 Å². The van der Waals surface area contributed by atoms with Crippen molar-refractivity contribution in [1.82, 2.24) is 4.98 Å². The molecule has 0 saturated carbocycles. The maximum Gasteiger partial charge on any atom is 0.222 e. The average Bonchev–Trinajstić information content (AvgIpc) is 2.43. The van der Waals surface area contributed by atoms with E-state index in [1.165, 1.54) is 0 Å². The maximum absolute atomic E-state index is 5.84. The van der Waals surface area contributed by atoms with Crippen LogP contribution >= 0.6 is 15.9 Å². The second-order valence-corrected chi connectivity index (χ2v) is 4.64. The van der Waals surface area contributed by atoms with E-state index < -0.39 is 0 Å². The third-order valence-electron chi connectivity index (χ3n) is 2.60. The Balaban J connectivity index is 2.26. The molecule has 0 aliphatic rings. The maximum atomic E-state index is 5.84. The largest absolute Gasteiger partial charge is 0.490 e. The summed E-state index contributed by atoms with van der Waals surface area (Å²) < 4.78 is 11.4. The van der Waals surface area contributed by atoms with Crippen molar-refractivity contribution in [2.75, 3.05) is 6.61 Å². The van der Waals surface area contributed by atoms with E-state index in [-0.39, 0.29) is 0 Å². The predicted octanol–water partition coefficient (Wildman–Crippen LogP) is 4.48. The number of aromatic nitrogens is 1. The highest BCUT2D eigenvalue weighted by Crippen LogP contribution is 2.31. The summed E-state index contributed by atoms with van der Waals surface area (Å²) in [7, 11) is 0. The Kier molecular flexibility index (Phi) is 4.80. The quantitative estimate of drug-likeness (QED) is 0.761. The topological polar surface area (TPSA) is 31.4 Å². The third-order valence-corrected chi connectivity index (χ3v) is 3.24. The van der Waals surface area contributed by atoms with Crippen LogP contribution in [0.2, 0.25) is 0 Å². The molecule has 0 radical (unpaired) electrons. The van der Waals surface area contributed by atoms with Crippen LogP contribution in [0, 0.1) is 6.92 Å². The van der Waals surface area contributed by atoms with Crippen molar-refractivity contribution in [3.63, 3.8) is 0 Å². The zero-order valence-electron chi connectivity index (χ0n) is 11.0. The van der Waals surface area contributed by atoms with E-state index in [1.54, 1.807) is 6.20 Å². The molecule has 19 heavy (non-hydrogen) atoms. The first-order chi connectivity index (χ1) is 9.24. The number of para-hydroxylation sites is 2. The molecule has 0 spiro atoms. The molecule has 100 valence electrons. The summed E-state index contributed by atoms with van der Waals surface area (Å²) in [5.41, 5.74) is 2.13. The minimum Gasteiger partial charge on any atom is -0.490 e. The Hall–Kier alpha value is -1.55. The average molecular weight is 322 g/mol. The number of benzene rings is 1. The SMILES string of the molecule is CCOc1ccccc1Oc1ncc(CBr)cc1C. The third kappa shape index (κ3) is 3.47. The molecule has 0 unspecified atom stereocenters. The fourth-order valence-corrected chi connectivity index (χ4v) is 2.02. The van der Waals surface area contributed by atoms with Crippen LogP contribution in [-0.2, 0) is 5.33 Å². The van der Waals surface area contributed by atoms with Gasteiger partial charge in [0.15, 0.2) is 11.5 Å². The van der Waals surface area contributed by atoms with Crippen LogP contribution in [0.5, 0.6) is 17.4 Å². The van der Waals surface area contributed by atoms with E-state index in [0.717, 1.165) is 22.2 Å². The van der Waals surface area contributed by atoms with Crippen molar-refractivity contribution < 1.29 is 9.47 Å². The van der Waals surface area contributed by atoms with Crippen LogP contribution in [0.25, 0.3) is 0 Å². The number of rotatable bonds is 5. The molecule has 0 atom stereocenters. The lowest BCUT2D eigenvalue weighted by Crippen LogP contribution is -1.97. The number of pyridine rings is 1. The van der Waals surface area contributed by atoms with Gasteiger partial charge in [0.1, 0.15) is 0 Å². The van der Waals surface area contributed by atoms with Gasteiger partial charge < -0.3 is 9.47 Å². The highest BCUT2D eigenvalue weighted by atomic mass is 79.9. The molecule has 2 aromatic rings. The number of halogens is 1.